The van der Waals surface area contributed by atoms with Crippen molar-refractivity contribution in [2.75, 3.05) is 13.1 Å². The first-order valence-corrected chi connectivity index (χ1v) is 7.63. The monoisotopic (exact) mass is 254 g/mol. The average molecular weight is 254 g/mol. The number of hydrogen-bond acceptors (Lipinski definition) is 2. The maximum Gasteiger partial charge on any atom is 0.225 e. The Bertz CT molecular complexity index is 243. The van der Waals surface area contributed by atoms with Gasteiger partial charge in [-0.15, -0.1) is 0 Å². The summed E-state index contributed by atoms with van der Waals surface area (Å²) in [7, 11) is 0. The zero-order chi connectivity index (χ0) is 13.5. The molecule has 3 nitrogen and oxygen atoms in total. The number of piperidine rings is 1. The van der Waals surface area contributed by atoms with Gasteiger partial charge in [0.15, 0.2) is 0 Å². The minimum Gasteiger partial charge on any atom is -0.338 e. The number of hydrogen-bond donors (Lipinski definition) is 1. The van der Waals surface area contributed by atoms with Gasteiger partial charge < -0.3 is 10.2 Å². The fraction of sp³-hybridized carbons (Fsp3) is 0.933. The molecule has 0 aliphatic carbocycles. The van der Waals surface area contributed by atoms with E-state index in [-0.39, 0.29) is 5.92 Å². The lowest BCUT2D eigenvalue weighted by molar-refractivity contribution is -0.138. The lowest BCUT2D eigenvalue weighted by Crippen LogP contribution is -2.49. The standard InChI is InChI=1S/C15H30N2O/c1-5-13(6-2)15(18)17(12(3)4)11-14-9-7-8-10-16-14/h12-14,16H,5-11H2,1-4H3. The highest BCUT2D eigenvalue weighted by Gasteiger charge is 2.26. The molecule has 0 radical (unpaired) electrons. The molecule has 1 N–H and O–H groups in total. The van der Waals surface area contributed by atoms with Crippen molar-refractivity contribution < 1.29 is 4.79 Å². The maximum absolute atomic E-state index is 12.5. The number of nitrogens with zero attached hydrogens (tertiary/aromatic N) is 1. The largest absolute Gasteiger partial charge is 0.338 e. The molecule has 3 heteroatoms. The number of rotatable bonds is 6. The molecular formula is C15H30N2O. The topological polar surface area (TPSA) is 32.3 Å². The zero-order valence-electron chi connectivity index (χ0n) is 12.5. The Morgan fingerprint density at radius 3 is 2.39 bits per heavy atom. The Labute approximate surface area is 112 Å². The van der Waals surface area contributed by atoms with E-state index in [0.29, 0.717) is 18.0 Å². The number of carbonyl (C=O) groups excluding carboxylic acids is 1. The van der Waals surface area contributed by atoms with Gasteiger partial charge in [-0.2, -0.15) is 0 Å². The molecule has 1 amide bonds. The van der Waals surface area contributed by atoms with E-state index in [1.807, 2.05) is 0 Å². The van der Waals surface area contributed by atoms with Crippen LogP contribution in [-0.4, -0.2) is 36.0 Å². The summed E-state index contributed by atoms with van der Waals surface area (Å²) in [5.74, 6) is 0.554. The van der Waals surface area contributed by atoms with Crippen molar-refractivity contribution in [2.45, 2.75) is 71.9 Å². The second-order valence-corrected chi connectivity index (χ2v) is 5.74. The van der Waals surface area contributed by atoms with Crippen LogP contribution >= 0.6 is 0 Å². The molecule has 18 heavy (non-hydrogen) atoms. The van der Waals surface area contributed by atoms with Gasteiger partial charge in [-0.3, -0.25) is 4.79 Å². The molecule has 106 valence electrons. The third kappa shape index (κ3) is 4.27. The molecule has 0 aromatic carbocycles. The van der Waals surface area contributed by atoms with E-state index in [0.717, 1.165) is 25.9 Å². The predicted octanol–water partition coefficient (Wildman–Crippen LogP) is 2.80. The first kappa shape index (κ1) is 15.5. The summed E-state index contributed by atoms with van der Waals surface area (Å²) in [4.78, 5) is 14.6. The van der Waals surface area contributed by atoms with Crippen molar-refractivity contribution in [1.29, 1.82) is 0 Å². The van der Waals surface area contributed by atoms with Crippen molar-refractivity contribution in [3.63, 3.8) is 0 Å². The van der Waals surface area contributed by atoms with E-state index in [1.54, 1.807) is 0 Å². The summed E-state index contributed by atoms with van der Waals surface area (Å²) < 4.78 is 0. The van der Waals surface area contributed by atoms with E-state index in [1.165, 1.54) is 19.3 Å². The summed E-state index contributed by atoms with van der Waals surface area (Å²) in [6, 6.07) is 0.807. The van der Waals surface area contributed by atoms with Gasteiger partial charge in [0.1, 0.15) is 0 Å². The number of amides is 1. The van der Waals surface area contributed by atoms with E-state index in [2.05, 4.69) is 37.9 Å². The summed E-state index contributed by atoms with van der Waals surface area (Å²) in [5, 5.41) is 3.54. The molecule has 1 atom stereocenters. The van der Waals surface area contributed by atoms with Crippen molar-refractivity contribution in [2.24, 2.45) is 5.92 Å². The summed E-state index contributed by atoms with van der Waals surface area (Å²) in [6.07, 6.45) is 5.69. The maximum atomic E-state index is 12.5. The SMILES string of the molecule is CCC(CC)C(=O)N(CC1CCCCN1)C(C)C. The molecular weight excluding hydrogens is 224 g/mol. The van der Waals surface area contributed by atoms with Crippen molar-refractivity contribution in [3.05, 3.63) is 0 Å². The Morgan fingerprint density at radius 2 is 1.94 bits per heavy atom. The van der Waals surface area contributed by atoms with Crippen LogP contribution in [0.3, 0.4) is 0 Å². The molecule has 1 rings (SSSR count). The Kier molecular flexibility index (Phi) is 6.69. The molecule has 0 spiro atoms. The lowest BCUT2D eigenvalue weighted by Gasteiger charge is -2.35. The van der Waals surface area contributed by atoms with Crippen molar-refractivity contribution in [3.8, 4) is 0 Å². The Balaban J connectivity index is 2.60. The van der Waals surface area contributed by atoms with Crippen molar-refractivity contribution >= 4 is 5.91 Å². The first-order chi connectivity index (χ1) is 8.60. The molecule has 1 fully saturated rings. The lowest BCUT2D eigenvalue weighted by atomic mass is 9.99. The van der Waals surface area contributed by atoms with Gasteiger partial charge in [-0.05, 0) is 46.1 Å². The third-order valence-electron chi connectivity index (χ3n) is 4.07. The highest BCUT2D eigenvalue weighted by Crippen LogP contribution is 2.16. The van der Waals surface area contributed by atoms with Gasteiger partial charge in [0, 0.05) is 24.5 Å². The molecule has 0 aromatic heterocycles. The molecule has 1 aliphatic rings. The summed E-state index contributed by atoms with van der Waals surface area (Å²) >= 11 is 0. The minimum atomic E-state index is 0.205. The first-order valence-electron chi connectivity index (χ1n) is 7.63. The van der Waals surface area contributed by atoms with Crippen LogP contribution < -0.4 is 5.32 Å². The fourth-order valence-corrected chi connectivity index (χ4v) is 2.74. The molecule has 0 saturated carbocycles. The van der Waals surface area contributed by atoms with Crippen LogP contribution in [0.2, 0.25) is 0 Å². The zero-order valence-corrected chi connectivity index (χ0v) is 12.5. The van der Waals surface area contributed by atoms with Gasteiger partial charge >= 0.3 is 0 Å². The van der Waals surface area contributed by atoms with Crippen LogP contribution in [0.1, 0.15) is 59.8 Å². The second-order valence-electron chi connectivity index (χ2n) is 5.74. The smallest absolute Gasteiger partial charge is 0.225 e. The Morgan fingerprint density at radius 1 is 1.28 bits per heavy atom. The highest BCUT2D eigenvalue weighted by molar-refractivity contribution is 5.79. The molecule has 1 aliphatic heterocycles. The molecule has 1 unspecified atom stereocenters. The van der Waals surface area contributed by atoms with E-state index in [4.69, 9.17) is 0 Å². The predicted molar refractivity (Wildman–Crippen MR) is 76.6 cm³/mol. The van der Waals surface area contributed by atoms with Crippen LogP contribution in [0.5, 0.6) is 0 Å². The third-order valence-corrected chi connectivity index (χ3v) is 4.07. The Hall–Kier alpha value is -0.570. The average Bonchev–Trinajstić information content (AvgIpc) is 2.38. The molecule has 0 aromatic rings. The van der Waals surface area contributed by atoms with Gasteiger partial charge in [0.05, 0.1) is 0 Å². The molecule has 0 bridgehead atoms. The van der Waals surface area contributed by atoms with Gasteiger partial charge in [-0.1, -0.05) is 20.3 Å². The van der Waals surface area contributed by atoms with Crippen LogP contribution in [0, 0.1) is 5.92 Å². The van der Waals surface area contributed by atoms with Crippen LogP contribution in [0.4, 0.5) is 0 Å². The van der Waals surface area contributed by atoms with E-state index >= 15 is 0 Å². The van der Waals surface area contributed by atoms with E-state index in [9.17, 15) is 4.79 Å². The van der Waals surface area contributed by atoms with Crippen molar-refractivity contribution in [1.82, 2.24) is 10.2 Å². The minimum absolute atomic E-state index is 0.205. The fourth-order valence-electron chi connectivity index (χ4n) is 2.74. The van der Waals surface area contributed by atoms with Crippen LogP contribution in [-0.2, 0) is 4.79 Å². The quantitative estimate of drug-likeness (QED) is 0.790. The number of carbonyl (C=O) groups is 1. The van der Waals surface area contributed by atoms with Crippen LogP contribution in [0.15, 0.2) is 0 Å². The summed E-state index contributed by atoms with van der Waals surface area (Å²) in [5.41, 5.74) is 0. The highest BCUT2D eigenvalue weighted by atomic mass is 16.2. The van der Waals surface area contributed by atoms with Gasteiger partial charge in [-0.25, -0.2) is 0 Å². The summed E-state index contributed by atoms with van der Waals surface area (Å²) in [6.45, 7) is 10.5. The second kappa shape index (κ2) is 7.78. The molecule has 1 saturated heterocycles. The van der Waals surface area contributed by atoms with E-state index < -0.39 is 0 Å². The van der Waals surface area contributed by atoms with Gasteiger partial charge in [0.25, 0.3) is 0 Å². The normalized spacial score (nSPS) is 20.4. The molecule has 1 heterocycles. The van der Waals surface area contributed by atoms with Crippen LogP contribution in [0.25, 0.3) is 0 Å². The number of nitrogens with one attached hydrogen (secondary N) is 1. The van der Waals surface area contributed by atoms with Gasteiger partial charge in [0.2, 0.25) is 5.91 Å².